The number of hydrogen-bond acceptors (Lipinski definition) is 5. The molecule has 0 N–H and O–H groups in total. The zero-order chi connectivity index (χ0) is 21.5. The minimum Gasteiger partial charge on any atom is -0.336 e. The maximum Gasteiger partial charge on any atom is 0.281 e. The Labute approximate surface area is 177 Å². The molecule has 1 aromatic heterocycles. The van der Waals surface area contributed by atoms with Crippen LogP contribution in [0.5, 0.6) is 0 Å². The van der Waals surface area contributed by atoms with E-state index in [0.717, 1.165) is 36.6 Å². The van der Waals surface area contributed by atoms with E-state index >= 15 is 0 Å². The third kappa shape index (κ3) is 3.86. The van der Waals surface area contributed by atoms with Gasteiger partial charge in [-0.25, -0.2) is 0 Å². The summed E-state index contributed by atoms with van der Waals surface area (Å²) in [6.07, 6.45) is 1.86. The van der Waals surface area contributed by atoms with Crippen LogP contribution in [-0.4, -0.2) is 82.9 Å². The first-order valence-corrected chi connectivity index (χ1v) is 11.6. The first-order valence-electron chi connectivity index (χ1n) is 10.2. The lowest BCUT2D eigenvalue weighted by Gasteiger charge is -2.35. The number of piperazine rings is 1. The standard InChI is InChI=1S/C20H28N6O3S/c1-15-21-22-19-8-7-18(14-26(15)19)16-5-4-6-17(13-16)20(27)24-9-11-25(12-10-24)30(28,29)23(2)3/h4-6,13,18H,7-12,14H2,1-3H3/t18-/m0/s1. The fourth-order valence-electron chi connectivity index (χ4n) is 4.20. The number of aromatic nitrogens is 3. The molecule has 4 rings (SSSR count). The van der Waals surface area contributed by atoms with Gasteiger partial charge in [0.2, 0.25) is 0 Å². The summed E-state index contributed by atoms with van der Waals surface area (Å²) in [5.41, 5.74) is 1.80. The molecular formula is C20H28N6O3S. The highest BCUT2D eigenvalue weighted by Crippen LogP contribution is 2.29. The predicted molar refractivity (Wildman–Crippen MR) is 112 cm³/mol. The lowest BCUT2D eigenvalue weighted by molar-refractivity contribution is 0.0695. The van der Waals surface area contributed by atoms with Gasteiger partial charge in [0.25, 0.3) is 16.1 Å². The Balaban J connectivity index is 1.45. The summed E-state index contributed by atoms with van der Waals surface area (Å²) >= 11 is 0. The molecule has 162 valence electrons. The molecule has 0 radical (unpaired) electrons. The number of carbonyl (C=O) groups is 1. The van der Waals surface area contributed by atoms with Crippen molar-refractivity contribution in [1.82, 2.24) is 28.3 Å². The van der Waals surface area contributed by atoms with Crippen LogP contribution in [0.2, 0.25) is 0 Å². The fourth-order valence-corrected chi connectivity index (χ4v) is 5.28. The summed E-state index contributed by atoms with van der Waals surface area (Å²) < 4.78 is 29.4. The number of nitrogens with zero attached hydrogens (tertiary/aromatic N) is 6. The Bertz CT molecular complexity index is 1040. The molecule has 0 aliphatic carbocycles. The molecule has 9 nitrogen and oxygen atoms in total. The zero-order valence-electron chi connectivity index (χ0n) is 17.7. The largest absolute Gasteiger partial charge is 0.336 e. The Hall–Kier alpha value is -2.30. The molecule has 2 aliphatic rings. The van der Waals surface area contributed by atoms with E-state index in [9.17, 15) is 13.2 Å². The molecule has 0 unspecified atom stereocenters. The van der Waals surface area contributed by atoms with Gasteiger partial charge >= 0.3 is 0 Å². The van der Waals surface area contributed by atoms with E-state index in [1.54, 1.807) is 4.90 Å². The Morgan fingerprint density at radius 2 is 1.87 bits per heavy atom. The number of carbonyl (C=O) groups excluding carboxylic acids is 1. The van der Waals surface area contributed by atoms with Gasteiger partial charge in [0, 0.05) is 64.7 Å². The van der Waals surface area contributed by atoms with Crippen LogP contribution in [-0.2, 0) is 23.2 Å². The van der Waals surface area contributed by atoms with Crippen molar-refractivity contribution in [2.45, 2.75) is 32.2 Å². The molecule has 30 heavy (non-hydrogen) atoms. The van der Waals surface area contributed by atoms with Crippen LogP contribution < -0.4 is 0 Å². The van der Waals surface area contributed by atoms with E-state index < -0.39 is 10.2 Å². The fraction of sp³-hybridized carbons (Fsp3) is 0.550. The number of fused-ring (bicyclic) bond motifs is 1. The summed E-state index contributed by atoms with van der Waals surface area (Å²) in [6.45, 7) is 4.20. The lowest BCUT2D eigenvalue weighted by Crippen LogP contribution is -2.53. The van der Waals surface area contributed by atoms with Gasteiger partial charge in [0.15, 0.2) is 0 Å². The van der Waals surface area contributed by atoms with Crippen LogP contribution in [0, 0.1) is 6.92 Å². The summed E-state index contributed by atoms with van der Waals surface area (Å²) in [7, 11) is -0.398. The van der Waals surface area contributed by atoms with Crippen LogP contribution in [0.1, 0.15) is 39.9 Å². The second kappa shape index (κ2) is 8.09. The molecule has 0 spiro atoms. The van der Waals surface area contributed by atoms with Crippen molar-refractivity contribution in [3.8, 4) is 0 Å². The molecule has 1 aromatic carbocycles. The highest BCUT2D eigenvalue weighted by atomic mass is 32.2. The van der Waals surface area contributed by atoms with Crippen molar-refractivity contribution in [3.05, 3.63) is 47.0 Å². The monoisotopic (exact) mass is 432 g/mol. The molecule has 2 aliphatic heterocycles. The zero-order valence-corrected chi connectivity index (χ0v) is 18.5. The second-order valence-corrected chi connectivity index (χ2v) is 10.3. The summed E-state index contributed by atoms with van der Waals surface area (Å²) in [5, 5.41) is 8.40. The average Bonchev–Trinajstić information content (AvgIpc) is 3.13. The summed E-state index contributed by atoms with van der Waals surface area (Å²) in [5.74, 6) is 2.23. The minimum atomic E-state index is -3.44. The summed E-state index contributed by atoms with van der Waals surface area (Å²) in [6, 6.07) is 7.84. The number of benzene rings is 1. The number of aryl methyl sites for hydroxylation is 2. The average molecular weight is 433 g/mol. The first-order chi connectivity index (χ1) is 14.3. The molecule has 0 bridgehead atoms. The van der Waals surface area contributed by atoms with Crippen molar-refractivity contribution in [2.75, 3.05) is 40.3 Å². The Morgan fingerprint density at radius 1 is 1.13 bits per heavy atom. The summed E-state index contributed by atoms with van der Waals surface area (Å²) in [4.78, 5) is 14.8. The molecular weight excluding hydrogens is 404 g/mol. The maximum atomic E-state index is 13.1. The molecule has 3 heterocycles. The van der Waals surface area contributed by atoms with Gasteiger partial charge in [0.1, 0.15) is 11.6 Å². The van der Waals surface area contributed by atoms with Crippen molar-refractivity contribution in [3.63, 3.8) is 0 Å². The van der Waals surface area contributed by atoms with Crippen molar-refractivity contribution in [1.29, 1.82) is 0 Å². The van der Waals surface area contributed by atoms with E-state index in [1.165, 1.54) is 22.7 Å². The van der Waals surface area contributed by atoms with Crippen LogP contribution in [0.3, 0.4) is 0 Å². The molecule has 1 fully saturated rings. The van der Waals surface area contributed by atoms with Crippen molar-refractivity contribution < 1.29 is 13.2 Å². The van der Waals surface area contributed by atoms with Crippen LogP contribution >= 0.6 is 0 Å². The predicted octanol–water partition coefficient (Wildman–Crippen LogP) is 0.881. The van der Waals surface area contributed by atoms with Gasteiger partial charge in [-0.1, -0.05) is 12.1 Å². The van der Waals surface area contributed by atoms with Crippen molar-refractivity contribution >= 4 is 16.1 Å². The third-order valence-electron chi connectivity index (χ3n) is 6.05. The minimum absolute atomic E-state index is 0.0456. The van der Waals surface area contributed by atoms with Crippen molar-refractivity contribution in [2.24, 2.45) is 0 Å². The highest BCUT2D eigenvalue weighted by Gasteiger charge is 2.31. The number of amides is 1. The van der Waals surface area contributed by atoms with Gasteiger partial charge in [0.05, 0.1) is 0 Å². The van der Waals surface area contributed by atoms with Crippen LogP contribution in [0.15, 0.2) is 24.3 Å². The third-order valence-corrected chi connectivity index (χ3v) is 7.99. The van der Waals surface area contributed by atoms with Gasteiger partial charge in [-0.05, 0) is 31.0 Å². The van der Waals surface area contributed by atoms with Crippen LogP contribution in [0.4, 0.5) is 0 Å². The van der Waals surface area contributed by atoms with E-state index in [4.69, 9.17) is 0 Å². The van der Waals surface area contributed by atoms with E-state index in [-0.39, 0.29) is 5.91 Å². The molecule has 0 saturated carbocycles. The molecule has 1 atom stereocenters. The van der Waals surface area contributed by atoms with Crippen LogP contribution in [0.25, 0.3) is 0 Å². The van der Waals surface area contributed by atoms with Gasteiger partial charge in [-0.2, -0.15) is 17.0 Å². The number of rotatable bonds is 4. The number of hydrogen-bond donors (Lipinski definition) is 0. The second-order valence-electron chi connectivity index (χ2n) is 8.12. The maximum absolute atomic E-state index is 13.1. The van der Waals surface area contributed by atoms with Gasteiger partial charge in [-0.3, -0.25) is 4.79 Å². The normalized spacial score (nSPS) is 20.4. The molecule has 1 saturated heterocycles. The molecule has 10 heteroatoms. The smallest absolute Gasteiger partial charge is 0.281 e. The topological polar surface area (TPSA) is 91.6 Å². The Morgan fingerprint density at radius 3 is 2.57 bits per heavy atom. The first kappa shape index (κ1) is 21.0. The Kier molecular flexibility index (Phi) is 5.65. The van der Waals surface area contributed by atoms with Gasteiger partial charge in [-0.15, -0.1) is 10.2 Å². The molecule has 2 aromatic rings. The van der Waals surface area contributed by atoms with E-state index in [0.29, 0.717) is 37.7 Å². The van der Waals surface area contributed by atoms with E-state index in [2.05, 4.69) is 20.8 Å². The van der Waals surface area contributed by atoms with Gasteiger partial charge < -0.3 is 9.47 Å². The SMILES string of the molecule is Cc1nnc2n1C[C@@H](c1cccc(C(=O)N3CCN(S(=O)(=O)N(C)C)CC3)c1)CC2. The lowest BCUT2D eigenvalue weighted by atomic mass is 9.90. The van der Waals surface area contributed by atoms with E-state index in [1.807, 2.05) is 25.1 Å². The highest BCUT2D eigenvalue weighted by molar-refractivity contribution is 7.86. The quantitative estimate of drug-likeness (QED) is 0.715. The molecule has 1 amide bonds.